The minimum Gasteiger partial charge on any atom is -0.257 e. The Bertz CT molecular complexity index is 911. The van der Waals surface area contributed by atoms with Gasteiger partial charge < -0.3 is 0 Å². The lowest BCUT2D eigenvalue weighted by molar-refractivity contribution is 0.591. The highest BCUT2D eigenvalue weighted by Crippen LogP contribution is 2.27. The van der Waals surface area contributed by atoms with Crippen LogP contribution in [0.5, 0.6) is 0 Å². The van der Waals surface area contributed by atoms with E-state index in [2.05, 4.69) is 14.9 Å². The van der Waals surface area contributed by atoms with Gasteiger partial charge in [-0.15, -0.1) is 10.2 Å². The van der Waals surface area contributed by atoms with Gasteiger partial charge in [0.2, 0.25) is 15.2 Å². The van der Waals surface area contributed by atoms with Crippen LogP contribution < -0.4 is 4.72 Å². The van der Waals surface area contributed by atoms with Crippen LogP contribution in [-0.4, -0.2) is 18.6 Å². The van der Waals surface area contributed by atoms with E-state index in [9.17, 15) is 12.8 Å². The summed E-state index contributed by atoms with van der Waals surface area (Å²) in [5.74, 6) is -1.01. The van der Waals surface area contributed by atoms with Gasteiger partial charge in [-0.05, 0) is 6.07 Å². The van der Waals surface area contributed by atoms with Crippen molar-refractivity contribution in [1.82, 2.24) is 10.2 Å². The molecule has 3 rings (SSSR count). The van der Waals surface area contributed by atoms with Gasteiger partial charge >= 0.3 is 0 Å². The summed E-state index contributed by atoms with van der Waals surface area (Å²) in [5.41, 5.74) is 0.956. The summed E-state index contributed by atoms with van der Waals surface area (Å²) in [6.07, 6.45) is 0. The molecule has 1 aromatic heterocycles. The molecule has 0 spiro atoms. The molecule has 0 amide bonds. The highest BCUT2D eigenvalue weighted by atomic mass is 32.2. The second-order valence-corrected chi connectivity index (χ2v) is 7.43. The molecule has 0 unspecified atom stereocenters. The van der Waals surface area contributed by atoms with Crippen molar-refractivity contribution in [2.75, 3.05) is 4.72 Å². The van der Waals surface area contributed by atoms with Crippen LogP contribution in [0.2, 0.25) is 0 Å². The number of halogens is 1. The van der Waals surface area contributed by atoms with Gasteiger partial charge in [0, 0.05) is 11.1 Å². The first-order valence-electron chi connectivity index (χ1n) is 6.66. The molecule has 118 valence electrons. The number of sulfonamides is 1. The average molecular weight is 349 g/mol. The van der Waals surface area contributed by atoms with E-state index in [0.717, 1.165) is 16.9 Å². The fourth-order valence-electron chi connectivity index (χ4n) is 1.95. The van der Waals surface area contributed by atoms with E-state index in [0.29, 0.717) is 5.01 Å². The van der Waals surface area contributed by atoms with Crippen molar-refractivity contribution in [3.8, 4) is 10.6 Å². The molecule has 8 heteroatoms. The lowest BCUT2D eigenvalue weighted by Crippen LogP contribution is -2.15. The van der Waals surface area contributed by atoms with Gasteiger partial charge in [-0.2, -0.15) is 0 Å². The predicted molar refractivity (Wildman–Crippen MR) is 88.0 cm³/mol. The number of rotatable bonds is 5. The molecule has 0 radical (unpaired) electrons. The molecule has 0 aliphatic heterocycles. The molecule has 0 aliphatic rings. The molecular formula is C15H12FN3O2S2. The number of hydrogen-bond acceptors (Lipinski definition) is 5. The van der Waals surface area contributed by atoms with E-state index in [1.54, 1.807) is 6.07 Å². The molecular weight excluding hydrogens is 337 g/mol. The molecule has 0 aliphatic carbocycles. The van der Waals surface area contributed by atoms with Crippen molar-refractivity contribution in [3.63, 3.8) is 0 Å². The molecule has 1 heterocycles. The van der Waals surface area contributed by atoms with Gasteiger partial charge in [-0.25, -0.2) is 12.8 Å². The van der Waals surface area contributed by atoms with Crippen LogP contribution in [0.4, 0.5) is 9.52 Å². The van der Waals surface area contributed by atoms with Crippen molar-refractivity contribution in [3.05, 3.63) is 66.0 Å². The summed E-state index contributed by atoms with van der Waals surface area (Å²) < 4.78 is 40.2. The zero-order chi connectivity index (χ0) is 16.3. The molecule has 2 aromatic carbocycles. The molecule has 0 atom stereocenters. The summed E-state index contributed by atoms with van der Waals surface area (Å²) in [5, 5.41) is 8.55. The smallest absolute Gasteiger partial charge is 0.238 e. The van der Waals surface area contributed by atoms with Crippen molar-refractivity contribution in [2.24, 2.45) is 0 Å². The van der Waals surface area contributed by atoms with E-state index in [1.807, 2.05) is 30.3 Å². The molecule has 0 saturated carbocycles. The maximum Gasteiger partial charge on any atom is 0.238 e. The third-order valence-electron chi connectivity index (χ3n) is 2.99. The third kappa shape index (κ3) is 3.91. The van der Waals surface area contributed by atoms with Gasteiger partial charge in [0.1, 0.15) is 10.8 Å². The Morgan fingerprint density at radius 1 is 1.00 bits per heavy atom. The minimum absolute atomic E-state index is 0.104. The first-order valence-corrected chi connectivity index (χ1v) is 9.13. The molecule has 3 aromatic rings. The normalized spacial score (nSPS) is 11.3. The fraction of sp³-hybridized carbons (Fsp3) is 0.0667. The number of benzene rings is 2. The maximum absolute atomic E-state index is 13.6. The van der Waals surface area contributed by atoms with Crippen LogP contribution in [0.3, 0.4) is 0 Å². The molecule has 23 heavy (non-hydrogen) atoms. The summed E-state index contributed by atoms with van der Waals surface area (Å²) in [4.78, 5) is 0. The highest BCUT2D eigenvalue weighted by molar-refractivity contribution is 7.92. The van der Waals surface area contributed by atoms with E-state index in [4.69, 9.17) is 0 Å². The van der Waals surface area contributed by atoms with Crippen molar-refractivity contribution in [2.45, 2.75) is 5.75 Å². The number of nitrogens with one attached hydrogen (secondary N) is 1. The molecule has 0 bridgehead atoms. The molecule has 0 saturated heterocycles. The lowest BCUT2D eigenvalue weighted by Gasteiger charge is -2.05. The zero-order valence-electron chi connectivity index (χ0n) is 11.8. The summed E-state index contributed by atoms with van der Waals surface area (Å²) in [7, 11) is -3.76. The minimum atomic E-state index is -3.76. The molecule has 5 nitrogen and oxygen atoms in total. The summed E-state index contributed by atoms with van der Waals surface area (Å²) in [6.45, 7) is 0. The van der Waals surface area contributed by atoms with Gasteiger partial charge in [0.25, 0.3) is 0 Å². The van der Waals surface area contributed by atoms with Crippen LogP contribution in [0.25, 0.3) is 10.6 Å². The second kappa shape index (κ2) is 6.43. The average Bonchev–Trinajstić information content (AvgIpc) is 2.98. The first kappa shape index (κ1) is 15.6. The first-order chi connectivity index (χ1) is 11.0. The van der Waals surface area contributed by atoms with E-state index in [1.165, 1.54) is 18.2 Å². The van der Waals surface area contributed by atoms with Crippen molar-refractivity contribution >= 4 is 26.5 Å². The summed E-state index contributed by atoms with van der Waals surface area (Å²) in [6, 6.07) is 15.1. The fourth-order valence-corrected chi connectivity index (χ4v) is 4.12. The standard InChI is InChI=1S/C15H12FN3O2S2/c16-13-9-5-4-8-12(13)10-23(20,21)19-15-18-17-14(22-15)11-6-2-1-3-7-11/h1-9H,10H2,(H,18,19). The largest absolute Gasteiger partial charge is 0.257 e. The Hall–Kier alpha value is -2.32. The third-order valence-corrected chi connectivity index (χ3v) is 5.20. The second-order valence-electron chi connectivity index (χ2n) is 4.73. The highest BCUT2D eigenvalue weighted by Gasteiger charge is 2.17. The van der Waals surface area contributed by atoms with Gasteiger partial charge in [0.05, 0.1) is 5.75 Å². The zero-order valence-corrected chi connectivity index (χ0v) is 13.4. The van der Waals surface area contributed by atoms with Gasteiger partial charge in [-0.3, -0.25) is 4.72 Å². The van der Waals surface area contributed by atoms with Crippen LogP contribution in [0.15, 0.2) is 54.6 Å². The maximum atomic E-state index is 13.6. The van der Waals surface area contributed by atoms with Crippen LogP contribution in [0.1, 0.15) is 5.56 Å². The number of hydrogen-bond donors (Lipinski definition) is 1. The Morgan fingerprint density at radius 3 is 2.43 bits per heavy atom. The number of anilines is 1. The molecule has 1 N–H and O–H groups in total. The summed E-state index contributed by atoms with van der Waals surface area (Å²) >= 11 is 1.12. The Labute approximate surface area is 136 Å². The van der Waals surface area contributed by atoms with Crippen LogP contribution in [-0.2, 0) is 15.8 Å². The van der Waals surface area contributed by atoms with E-state index < -0.39 is 21.6 Å². The Kier molecular flexibility index (Phi) is 4.35. The van der Waals surface area contributed by atoms with Gasteiger partial charge in [-0.1, -0.05) is 59.9 Å². The van der Waals surface area contributed by atoms with E-state index >= 15 is 0 Å². The monoisotopic (exact) mass is 349 g/mol. The Morgan fingerprint density at radius 2 is 1.70 bits per heavy atom. The van der Waals surface area contributed by atoms with Gasteiger partial charge in [0.15, 0.2) is 0 Å². The predicted octanol–water partition coefficient (Wildman–Crippen LogP) is 3.29. The topological polar surface area (TPSA) is 72.0 Å². The number of aromatic nitrogens is 2. The quantitative estimate of drug-likeness (QED) is 0.767. The van der Waals surface area contributed by atoms with Crippen molar-refractivity contribution in [1.29, 1.82) is 0 Å². The molecule has 0 fully saturated rings. The number of nitrogens with zero attached hydrogens (tertiary/aromatic N) is 2. The van der Waals surface area contributed by atoms with Crippen LogP contribution >= 0.6 is 11.3 Å². The van der Waals surface area contributed by atoms with E-state index in [-0.39, 0.29) is 10.7 Å². The van der Waals surface area contributed by atoms with Crippen molar-refractivity contribution < 1.29 is 12.8 Å². The lowest BCUT2D eigenvalue weighted by atomic mass is 10.2. The van der Waals surface area contributed by atoms with Crippen LogP contribution in [0, 0.1) is 5.82 Å². The Balaban J connectivity index is 1.77. The SMILES string of the molecule is O=S(=O)(Cc1ccccc1F)Nc1nnc(-c2ccccc2)s1.